The van der Waals surface area contributed by atoms with E-state index in [4.69, 9.17) is 18.9 Å². The zero-order chi connectivity index (χ0) is 26.8. The number of Topliss-reactive ketones (excluding diaryl/α,β-unsaturated/α-hetero) is 1. The molecule has 37 heavy (non-hydrogen) atoms. The van der Waals surface area contributed by atoms with Crippen LogP contribution in [0.15, 0.2) is 47.4 Å². The van der Waals surface area contributed by atoms with E-state index in [0.29, 0.717) is 0 Å². The number of esters is 1. The van der Waals surface area contributed by atoms with Crippen LogP contribution in [0.2, 0.25) is 0 Å². The highest BCUT2D eigenvalue weighted by Crippen LogP contribution is 2.33. The summed E-state index contributed by atoms with van der Waals surface area (Å²) in [6, 6.07) is 10.2. The topological polar surface area (TPSA) is 155 Å². The van der Waals surface area contributed by atoms with Crippen LogP contribution >= 0.6 is 0 Å². The fourth-order valence-corrected chi connectivity index (χ4v) is 3.60. The number of rotatable bonds is 12. The molecule has 0 spiro atoms. The molecule has 1 fully saturated rings. The Hall–Kier alpha value is -3.68. The number of benzene rings is 1. The van der Waals surface area contributed by atoms with E-state index in [1.54, 1.807) is 24.3 Å². The number of nitrogens with one attached hydrogen (secondary N) is 1. The summed E-state index contributed by atoms with van der Waals surface area (Å²) in [5, 5.41) is 11.9. The molecule has 2 heterocycles. The average Bonchev–Trinajstić information content (AvgIpc) is 3.18. The van der Waals surface area contributed by atoms with Gasteiger partial charge in [0.05, 0.1) is 19.6 Å². The van der Waals surface area contributed by atoms with Crippen LogP contribution in [0.3, 0.4) is 0 Å². The van der Waals surface area contributed by atoms with Crippen LogP contribution in [0.5, 0.6) is 0 Å². The number of amides is 1. The van der Waals surface area contributed by atoms with Gasteiger partial charge in [0.15, 0.2) is 18.5 Å². The molecule has 13 heteroatoms. The molecule has 1 aromatic carbocycles. The number of ketones is 1. The van der Waals surface area contributed by atoms with Crippen molar-refractivity contribution in [3.63, 3.8) is 0 Å². The van der Waals surface area contributed by atoms with Gasteiger partial charge < -0.3 is 24.1 Å². The lowest BCUT2D eigenvalue weighted by molar-refractivity contribution is -0.155. The molecule has 0 bridgehead atoms. The summed E-state index contributed by atoms with van der Waals surface area (Å²) in [5.41, 5.74) is -0.155. The molecule has 0 radical (unpaired) electrons. The minimum atomic E-state index is -2.02. The zero-order valence-corrected chi connectivity index (χ0v) is 20.1. The van der Waals surface area contributed by atoms with Crippen LogP contribution in [-0.4, -0.2) is 77.8 Å². The Labute approximate surface area is 211 Å². The van der Waals surface area contributed by atoms with Crippen molar-refractivity contribution in [2.75, 3.05) is 32.2 Å². The maximum atomic E-state index is 15.2. The normalized spacial score (nSPS) is 20.8. The number of carbonyl (C=O) groups is 3. The van der Waals surface area contributed by atoms with E-state index >= 15 is 4.39 Å². The molecule has 0 saturated carbocycles. The van der Waals surface area contributed by atoms with Gasteiger partial charge in [0.1, 0.15) is 24.3 Å². The van der Waals surface area contributed by atoms with Gasteiger partial charge in [-0.15, -0.1) is 0 Å². The molecule has 1 unspecified atom stereocenters. The van der Waals surface area contributed by atoms with Gasteiger partial charge in [0, 0.05) is 26.1 Å². The van der Waals surface area contributed by atoms with E-state index in [-0.39, 0.29) is 44.1 Å². The predicted octanol–water partition coefficient (Wildman–Crippen LogP) is 1.17. The van der Waals surface area contributed by atoms with Gasteiger partial charge in [-0.25, -0.2) is 14.0 Å². The van der Waals surface area contributed by atoms with E-state index in [1.165, 1.54) is 13.2 Å². The van der Waals surface area contributed by atoms with Crippen molar-refractivity contribution >= 4 is 23.7 Å². The largest absolute Gasteiger partial charge is 0.456 e. The summed E-state index contributed by atoms with van der Waals surface area (Å²) in [6.45, 7) is -0.513. The number of hydrogen-bond acceptors (Lipinski definition) is 10. The number of anilines is 1. The lowest BCUT2D eigenvalue weighted by atomic mass is 10.1. The summed E-state index contributed by atoms with van der Waals surface area (Å²) in [6.07, 6.45) is -6.27. The number of ether oxygens (including phenoxy) is 4. The molecule has 2 aromatic rings. The van der Waals surface area contributed by atoms with Crippen LogP contribution < -0.4 is 11.0 Å². The van der Waals surface area contributed by atoms with E-state index in [2.05, 4.69) is 10.3 Å². The second-order valence-corrected chi connectivity index (χ2v) is 8.10. The zero-order valence-electron chi connectivity index (χ0n) is 20.1. The third-order valence-electron chi connectivity index (χ3n) is 5.42. The second kappa shape index (κ2) is 13.6. The maximum absolute atomic E-state index is 15.2. The number of methoxy groups -OCH3 is 1. The average molecular weight is 521 g/mol. The minimum Gasteiger partial charge on any atom is -0.456 e. The fraction of sp³-hybridized carbons (Fsp3) is 0.458. The Kier molecular flexibility index (Phi) is 10.2. The summed E-state index contributed by atoms with van der Waals surface area (Å²) < 4.78 is 36.2. The Morgan fingerprint density at radius 3 is 2.59 bits per heavy atom. The van der Waals surface area contributed by atoms with Crippen LogP contribution in [0, 0.1) is 0 Å². The number of nitrogens with zero attached hydrogens (tertiary/aromatic N) is 2. The van der Waals surface area contributed by atoms with Gasteiger partial charge in [-0.3, -0.25) is 19.5 Å². The SMILES string of the molecule is COCCOC(=O)Nc1ccn([C@@H]2O[C@H](CO)[C@@H](OC(=O)CCC(=O)Cc3ccccc3)C2F)c(=O)n1. The molecule has 0 aliphatic carbocycles. The molecule has 1 aliphatic heterocycles. The molecule has 1 aliphatic rings. The first-order chi connectivity index (χ1) is 17.8. The van der Waals surface area contributed by atoms with Crippen LogP contribution in [-0.2, 0) is 35.0 Å². The Balaban J connectivity index is 1.57. The van der Waals surface area contributed by atoms with Gasteiger partial charge in [0.25, 0.3) is 0 Å². The number of aliphatic hydroxyl groups excluding tert-OH is 1. The first-order valence-electron chi connectivity index (χ1n) is 11.5. The Morgan fingerprint density at radius 2 is 1.92 bits per heavy atom. The maximum Gasteiger partial charge on any atom is 0.412 e. The van der Waals surface area contributed by atoms with E-state index in [0.717, 1.165) is 16.3 Å². The molecule has 3 rings (SSSR count). The van der Waals surface area contributed by atoms with E-state index < -0.39 is 49.0 Å². The van der Waals surface area contributed by atoms with E-state index in [1.807, 2.05) is 6.07 Å². The van der Waals surface area contributed by atoms with Crippen LogP contribution in [0.25, 0.3) is 0 Å². The number of carbonyl (C=O) groups excluding carboxylic acids is 3. The standard InChI is InChI=1S/C24H28FN3O9/c1-34-11-12-35-24(33)27-18-9-10-28(23(32)26-18)22-20(25)21(17(14-29)36-22)37-19(31)8-7-16(30)13-15-5-3-2-4-6-15/h2-6,9-10,17,20-22,29H,7-8,11-14H2,1H3,(H,26,27,32,33)/t17-,20?,21-,22-/m1/s1. The lowest BCUT2D eigenvalue weighted by Crippen LogP contribution is -2.37. The fourth-order valence-electron chi connectivity index (χ4n) is 3.60. The number of hydrogen-bond donors (Lipinski definition) is 2. The number of alkyl halides is 1. The number of halogens is 1. The summed E-state index contributed by atoms with van der Waals surface area (Å²) in [7, 11) is 1.44. The highest BCUT2D eigenvalue weighted by Gasteiger charge is 2.48. The number of aliphatic hydroxyl groups is 1. The molecule has 1 amide bonds. The third kappa shape index (κ3) is 7.90. The first-order valence-corrected chi connectivity index (χ1v) is 11.5. The van der Waals surface area contributed by atoms with Gasteiger partial charge >= 0.3 is 17.8 Å². The third-order valence-corrected chi connectivity index (χ3v) is 5.42. The summed E-state index contributed by atoms with van der Waals surface area (Å²) >= 11 is 0. The summed E-state index contributed by atoms with van der Waals surface area (Å²) in [5.74, 6) is -1.17. The van der Waals surface area contributed by atoms with Crippen LogP contribution in [0.1, 0.15) is 24.6 Å². The van der Waals surface area contributed by atoms with Gasteiger partial charge in [0.2, 0.25) is 0 Å². The van der Waals surface area contributed by atoms with Gasteiger partial charge in [-0.05, 0) is 11.6 Å². The number of aromatic nitrogens is 2. The lowest BCUT2D eigenvalue weighted by Gasteiger charge is -2.18. The highest BCUT2D eigenvalue weighted by molar-refractivity contribution is 5.84. The van der Waals surface area contributed by atoms with Crippen molar-refractivity contribution in [1.29, 1.82) is 0 Å². The Bertz CT molecular complexity index is 1130. The van der Waals surface area contributed by atoms with Gasteiger partial charge in [-0.1, -0.05) is 30.3 Å². The van der Waals surface area contributed by atoms with Crippen molar-refractivity contribution in [2.45, 2.75) is 43.9 Å². The quantitative estimate of drug-likeness (QED) is 0.307. The first kappa shape index (κ1) is 27.9. The molecule has 1 saturated heterocycles. The Morgan fingerprint density at radius 1 is 1.16 bits per heavy atom. The molecule has 2 N–H and O–H groups in total. The van der Waals surface area contributed by atoms with Crippen molar-refractivity contribution < 1.29 is 42.8 Å². The molecule has 1 aromatic heterocycles. The van der Waals surface area contributed by atoms with Crippen molar-refractivity contribution in [1.82, 2.24) is 9.55 Å². The monoisotopic (exact) mass is 521 g/mol. The van der Waals surface area contributed by atoms with Crippen molar-refractivity contribution in [3.05, 3.63) is 58.6 Å². The smallest absolute Gasteiger partial charge is 0.412 e. The molecular formula is C24H28FN3O9. The molecule has 4 atom stereocenters. The van der Waals surface area contributed by atoms with E-state index in [9.17, 15) is 24.3 Å². The van der Waals surface area contributed by atoms with Gasteiger partial charge in [-0.2, -0.15) is 4.98 Å². The molecule has 12 nitrogen and oxygen atoms in total. The van der Waals surface area contributed by atoms with Crippen LogP contribution in [0.4, 0.5) is 15.0 Å². The van der Waals surface area contributed by atoms with Crippen molar-refractivity contribution in [3.8, 4) is 0 Å². The summed E-state index contributed by atoms with van der Waals surface area (Å²) in [4.78, 5) is 52.2. The minimum absolute atomic E-state index is 0.0112. The highest BCUT2D eigenvalue weighted by atomic mass is 19.1. The van der Waals surface area contributed by atoms with Crippen molar-refractivity contribution in [2.24, 2.45) is 0 Å². The second-order valence-electron chi connectivity index (χ2n) is 8.10. The predicted molar refractivity (Wildman–Crippen MR) is 126 cm³/mol. The molecule has 200 valence electrons. The molecular weight excluding hydrogens is 493 g/mol.